The highest BCUT2D eigenvalue weighted by molar-refractivity contribution is 5.82. The van der Waals surface area contributed by atoms with Crippen LogP contribution in [0.15, 0.2) is 78.4 Å². The number of unbranched alkanes of at least 4 members (excludes halogenated alkanes) is 1. The third-order valence-electron chi connectivity index (χ3n) is 7.01. The van der Waals surface area contributed by atoms with E-state index in [9.17, 15) is 4.79 Å². The molecule has 5 heteroatoms. The number of allylic oxidation sites excluding steroid dienone is 1. The molecule has 0 aliphatic carbocycles. The van der Waals surface area contributed by atoms with Crippen LogP contribution in [0.4, 0.5) is 0 Å². The fraction of sp³-hybridized carbons (Fsp3) is 0.312. The molecule has 1 aromatic heterocycles. The molecule has 4 aromatic rings. The number of ether oxygens (including phenoxy) is 1. The number of aryl methyl sites for hydroxylation is 1. The van der Waals surface area contributed by atoms with Crippen LogP contribution in [0.2, 0.25) is 0 Å². The zero-order chi connectivity index (χ0) is 25.6. The third-order valence-corrected chi connectivity index (χ3v) is 7.01. The zero-order valence-electron chi connectivity index (χ0n) is 21.8. The summed E-state index contributed by atoms with van der Waals surface area (Å²) in [6.07, 6.45) is 6.30. The summed E-state index contributed by atoms with van der Waals surface area (Å²) >= 11 is 0. The molecule has 3 aromatic carbocycles. The van der Waals surface area contributed by atoms with E-state index in [4.69, 9.17) is 4.74 Å². The number of nitrogens with zero attached hydrogens (tertiary/aromatic N) is 2. The molecule has 2 heterocycles. The lowest BCUT2D eigenvalue weighted by Crippen LogP contribution is -2.31. The lowest BCUT2D eigenvalue weighted by atomic mass is 9.97. The van der Waals surface area contributed by atoms with E-state index in [1.54, 1.807) is 0 Å². The highest BCUT2D eigenvalue weighted by Gasteiger charge is 2.17. The molecule has 0 radical (unpaired) electrons. The second-order valence-electron chi connectivity index (χ2n) is 9.87. The Morgan fingerprint density at radius 2 is 1.86 bits per heavy atom. The summed E-state index contributed by atoms with van der Waals surface area (Å²) in [7, 11) is 0. The fourth-order valence-corrected chi connectivity index (χ4v) is 4.94. The maximum absolute atomic E-state index is 13.3. The van der Waals surface area contributed by atoms with E-state index in [0.717, 1.165) is 77.1 Å². The summed E-state index contributed by atoms with van der Waals surface area (Å²) in [5.74, 6) is 2.04. The zero-order valence-corrected chi connectivity index (χ0v) is 21.8. The summed E-state index contributed by atoms with van der Waals surface area (Å²) in [5.41, 5.74) is 7.80. The Morgan fingerprint density at radius 3 is 2.70 bits per heavy atom. The first kappa shape index (κ1) is 24.8. The van der Waals surface area contributed by atoms with Gasteiger partial charge in [-0.05, 0) is 66.3 Å². The SMILES string of the molecule is CCCCN(Cc1ccccc1)C(=O)C/C1=C/Cc2cc(-c3ccc4nc(C)[nH]c4c3)ccc2OCC1. The predicted molar refractivity (Wildman–Crippen MR) is 150 cm³/mol. The maximum atomic E-state index is 13.3. The van der Waals surface area contributed by atoms with Crippen molar-refractivity contribution < 1.29 is 9.53 Å². The van der Waals surface area contributed by atoms with Crippen LogP contribution in [0.25, 0.3) is 22.2 Å². The number of carbonyl (C=O) groups excluding carboxylic acids is 1. The van der Waals surface area contributed by atoms with Crippen LogP contribution in [0.3, 0.4) is 0 Å². The van der Waals surface area contributed by atoms with Crippen molar-refractivity contribution in [2.75, 3.05) is 13.2 Å². The summed E-state index contributed by atoms with van der Waals surface area (Å²) in [6, 6.07) is 23.0. The van der Waals surface area contributed by atoms with Gasteiger partial charge in [-0.1, -0.05) is 67.5 Å². The first-order chi connectivity index (χ1) is 18.1. The van der Waals surface area contributed by atoms with Crippen molar-refractivity contribution in [3.63, 3.8) is 0 Å². The minimum atomic E-state index is 0.196. The van der Waals surface area contributed by atoms with Gasteiger partial charge in [0.25, 0.3) is 0 Å². The van der Waals surface area contributed by atoms with Gasteiger partial charge in [-0.3, -0.25) is 4.79 Å². The van der Waals surface area contributed by atoms with E-state index in [1.807, 2.05) is 30.0 Å². The van der Waals surface area contributed by atoms with E-state index >= 15 is 0 Å². The van der Waals surface area contributed by atoms with Gasteiger partial charge in [0.2, 0.25) is 5.91 Å². The number of imidazole rings is 1. The van der Waals surface area contributed by atoms with Crippen molar-refractivity contribution in [2.45, 2.75) is 52.5 Å². The highest BCUT2D eigenvalue weighted by atomic mass is 16.5. The van der Waals surface area contributed by atoms with Crippen molar-refractivity contribution in [3.8, 4) is 16.9 Å². The van der Waals surface area contributed by atoms with Crippen LogP contribution in [-0.2, 0) is 17.8 Å². The number of H-pyrrole nitrogens is 1. The number of hydrogen-bond donors (Lipinski definition) is 1. The molecule has 0 spiro atoms. The van der Waals surface area contributed by atoms with E-state index in [2.05, 4.69) is 71.5 Å². The van der Waals surface area contributed by atoms with Gasteiger partial charge in [0, 0.05) is 25.9 Å². The molecule has 0 atom stereocenters. The molecule has 0 bridgehead atoms. The fourth-order valence-electron chi connectivity index (χ4n) is 4.94. The number of nitrogens with one attached hydrogen (secondary N) is 1. The Morgan fingerprint density at radius 1 is 1.05 bits per heavy atom. The molecule has 1 aliphatic heterocycles. The summed E-state index contributed by atoms with van der Waals surface area (Å²) in [6.45, 7) is 6.18. The van der Waals surface area contributed by atoms with Gasteiger partial charge in [0.1, 0.15) is 11.6 Å². The van der Waals surface area contributed by atoms with Gasteiger partial charge < -0.3 is 14.6 Å². The van der Waals surface area contributed by atoms with Crippen molar-refractivity contribution in [1.82, 2.24) is 14.9 Å². The molecule has 1 aliphatic rings. The van der Waals surface area contributed by atoms with E-state index in [1.165, 1.54) is 5.56 Å². The van der Waals surface area contributed by atoms with Crippen molar-refractivity contribution >= 4 is 16.9 Å². The lowest BCUT2D eigenvalue weighted by Gasteiger charge is -2.24. The number of fused-ring (bicyclic) bond motifs is 2. The average molecular weight is 494 g/mol. The average Bonchev–Trinajstić information content (AvgIpc) is 3.28. The number of benzene rings is 3. The van der Waals surface area contributed by atoms with Crippen LogP contribution >= 0.6 is 0 Å². The van der Waals surface area contributed by atoms with E-state index in [-0.39, 0.29) is 5.91 Å². The third kappa shape index (κ3) is 6.11. The molecule has 190 valence electrons. The summed E-state index contributed by atoms with van der Waals surface area (Å²) in [5, 5.41) is 0. The second kappa shape index (κ2) is 11.5. The summed E-state index contributed by atoms with van der Waals surface area (Å²) in [4.78, 5) is 23.2. The molecule has 0 unspecified atom stereocenters. The number of amides is 1. The van der Waals surface area contributed by atoms with Crippen LogP contribution in [0.1, 0.15) is 49.6 Å². The Balaban J connectivity index is 1.32. The molecular weight excluding hydrogens is 458 g/mol. The standard InChI is InChI=1S/C32H35N3O2/c1-3-4-17-35(22-25-8-6-5-7-9-25)32(36)19-24-10-11-28-20-26(13-15-31(28)37-18-16-24)27-12-14-29-30(21-27)34-23(2)33-29/h5-10,12-15,20-21H,3-4,11,16-19,22H2,1-2H3,(H,33,34)/b24-10+. The number of hydrogen-bond acceptors (Lipinski definition) is 3. The number of carbonyl (C=O) groups is 1. The van der Waals surface area contributed by atoms with Crippen LogP contribution in [0.5, 0.6) is 5.75 Å². The van der Waals surface area contributed by atoms with Gasteiger partial charge in [-0.2, -0.15) is 0 Å². The topological polar surface area (TPSA) is 58.2 Å². The number of rotatable bonds is 8. The Kier molecular flexibility index (Phi) is 7.69. The minimum absolute atomic E-state index is 0.196. The number of aromatic amines is 1. The van der Waals surface area contributed by atoms with Gasteiger partial charge in [0.05, 0.1) is 17.6 Å². The van der Waals surface area contributed by atoms with Crippen molar-refractivity contribution in [2.24, 2.45) is 0 Å². The molecule has 0 saturated carbocycles. The Hall–Kier alpha value is -3.86. The van der Waals surface area contributed by atoms with Gasteiger partial charge in [-0.25, -0.2) is 4.98 Å². The first-order valence-corrected chi connectivity index (χ1v) is 13.3. The normalized spacial score (nSPS) is 14.7. The quantitative estimate of drug-likeness (QED) is 0.269. The lowest BCUT2D eigenvalue weighted by molar-refractivity contribution is -0.131. The summed E-state index contributed by atoms with van der Waals surface area (Å²) < 4.78 is 6.14. The minimum Gasteiger partial charge on any atom is -0.493 e. The van der Waals surface area contributed by atoms with Gasteiger partial charge in [0.15, 0.2) is 0 Å². The maximum Gasteiger partial charge on any atom is 0.226 e. The molecule has 1 amide bonds. The number of aromatic nitrogens is 2. The van der Waals surface area contributed by atoms with Gasteiger partial charge in [-0.15, -0.1) is 0 Å². The molecule has 1 N–H and O–H groups in total. The predicted octanol–water partition coefficient (Wildman–Crippen LogP) is 7.01. The van der Waals surface area contributed by atoms with Crippen molar-refractivity contribution in [3.05, 3.63) is 95.3 Å². The first-order valence-electron chi connectivity index (χ1n) is 13.3. The molecule has 5 rings (SSSR count). The molecule has 0 fully saturated rings. The monoisotopic (exact) mass is 493 g/mol. The Bertz CT molecular complexity index is 1400. The molecule has 0 saturated heterocycles. The molecule has 5 nitrogen and oxygen atoms in total. The van der Waals surface area contributed by atoms with Crippen LogP contribution < -0.4 is 4.74 Å². The molecular formula is C32H35N3O2. The van der Waals surface area contributed by atoms with E-state index in [0.29, 0.717) is 19.6 Å². The smallest absolute Gasteiger partial charge is 0.226 e. The van der Waals surface area contributed by atoms with Crippen LogP contribution in [0, 0.1) is 6.92 Å². The Labute approximate surface area is 219 Å². The molecule has 37 heavy (non-hydrogen) atoms. The van der Waals surface area contributed by atoms with Gasteiger partial charge >= 0.3 is 0 Å². The second-order valence-corrected chi connectivity index (χ2v) is 9.87. The van der Waals surface area contributed by atoms with Crippen LogP contribution in [-0.4, -0.2) is 33.9 Å². The highest BCUT2D eigenvalue weighted by Crippen LogP contribution is 2.31. The largest absolute Gasteiger partial charge is 0.493 e. The van der Waals surface area contributed by atoms with E-state index < -0.39 is 0 Å². The van der Waals surface area contributed by atoms with Crippen molar-refractivity contribution in [1.29, 1.82) is 0 Å².